The lowest BCUT2D eigenvalue weighted by atomic mass is 9.99. The molecule has 104 valence electrons. The van der Waals surface area contributed by atoms with Crippen molar-refractivity contribution in [1.29, 1.82) is 0 Å². The molecule has 2 fully saturated rings. The molecule has 0 bridgehead atoms. The zero-order valence-corrected chi connectivity index (χ0v) is 11.4. The number of carbonyl (C=O) groups is 1. The van der Waals surface area contributed by atoms with Gasteiger partial charge in [-0.1, -0.05) is 0 Å². The Morgan fingerprint density at radius 3 is 3.11 bits per heavy atom. The number of rotatable bonds is 1. The van der Waals surface area contributed by atoms with Crippen molar-refractivity contribution in [3.63, 3.8) is 0 Å². The van der Waals surface area contributed by atoms with Gasteiger partial charge in [0.15, 0.2) is 0 Å². The molecule has 19 heavy (non-hydrogen) atoms. The Labute approximate surface area is 112 Å². The zero-order chi connectivity index (χ0) is 13.4. The first-order valence-electron chi connectivity index (χ1n) is 6.78. The van der Waals surface area contributed by atoms with Crippen LogP contribution in [0.2, 0.25) is 0 Å². The maximum atomic E-state index is 12.4. The number of likely N-dealkylation sites (tertiary alicyclic amines) is 1. The van der Waals surface area contributed by atoms with Crippen LogP contribution < -0.4 is 0 Å². The summed E-state index contributed by atoms with van der Waals surface area (Å²) in [5, 5.41) is 6.87. The van der Waals surface area contributed by atoms with Crippen LogP contribution in [0, 0.1) is 6.92 Å². The van der Waals surface area contributed by atoms with Gasteiger partial charge in [-0.3, -0.25) is 14.8 Å². The number of carbonyl (C=O) groups excluding carboxylic acids is 1. The second-order valence-corrected chi connectivity index (χ2v) is 5.43. The third-order valence-corrected chi connectivity index (χ3v) is 4.07. The van der Waals surface area contributed by atoms with Gasteiger partial charge in [-0.05, 0) is 26.5 Å². The number of aromatic nitrogens is 2. The van der Waals surface area contributed by atoms with Crippen LogP contribution in [0.15, 0.2) is 6.07 Å². The lowest BCUT2D eigenvalue weighted by Crippen LogP contribution is -2.59. The molecule has 0 aliphatic carbocycles. The summed E-state index contributed by atoms with van der Waals surface area (Å²) in [6, 6.07) is 2.11. The number of H-pyrrole nitrogens is 1. The Kier molecular flexibility index (Phi) is 3.28. The SMILES string of the molecule is Cc1cc(C(=O)N2CC[C@H]3OCCN(C)[C@@H]3C2)n[nH]1. The van der Waals surface area contributed by atoms with Crippen molar-refractivity contribution in [2.24, 2.45) is 0 Å². The molecule has 2 aliphatic rings. The summed E-state index contributed by atoms with van der Waals surface area (Å²) in [4.78, 5) is 16.6. The van der Waals surface area contributed by atoms with E-state index in [1.54, 1.807) is 6.07 Å². The molecule has 0 spiro atoms. The van der Waals surface area contributed by atoms with Crippen molar-refractivity contribution in [2.75, 3.05) is 33.3 Å². The van der Waals surface area contributed by atoms with Gasteiger partial charge in [-0.15, -0.1) is 0 Å². The summed E-state index contributed by atoms with van der Waals surface area (Å²) >= 11 is 0. The highest BCUT2D eigenvalue weighted by atomic mass is 16.5. The number of hydrogen-bond donors (Lipinski definition) is 1. The van der Waals surface area contributed by atoms with E-state index < -0.39 is 0 Å². The van der Waals surface area contributed by atoms with Crippen LogP contribution >= 0.6 is 0 Å². The Balaban J connectivity index is 1.71. The first-order valence-corrected chi connectivity index (χ1v) is 6.78. The monoisotopic (exact) mass is 264 g/mol. The molecule has 0 aromatic carbocycles. The van der Waals surface area contributed by atoms with Gasteiger partial charge in [0.05, 0.1) is 18.8 Å². The maximum Gasteiger partial charge on any atom is 0.274 e. The first kappa shape index (κ1) is 12.6. The number of aryl methyl sites for hydroxylation is 1. The normalized spacial score (nSPS) is 28.2. The number of nitrogens with zero attached hydrogens (tertiary/aromatic N) is 3. The van der Waals surface area contributed by atoms with E-state index in [4.69, 9.17) is 4.74 Å². The van der Waals surface area contributed by atoms with Crippen molar-refractivity contribution >= 4 is 5.91 Å². The number of amides is 1. The molecule has 1 aromatic heterocycles. The largest absolute Gasteiger partial charge is 0.375 e. The molecule has 2 aliphatic heterocycles. The summed E-state index contributed by atoms with van der Waals surface area (Å²) in [7, 11) is 2.10. The van der Waals surface area contributed by atoms with Crippen LogP contribution in [0.3, 0.4) is 0 Å². The molecule has 1 N–H and O–H groups in total. The van der Waals surface area contributed by atoms with E-state index in [2.05, 4.69) is 22.1 Å². The standard InChI is InChI=1S/C13H20N4O2/c1-9-7-10(15-14-9)13(18)17-4-3-12-11(8-17)16(2)5-6-19-12/h7,11-12H,3-6,8H2,1-2H3,(H,14,15)/t11-,12-/m1/s1. The zero-order valence-electron chi connectivity index (χ0n) is 11.4. The van der Waals surface area contributed by atoms with E-state index in [9.17, 15) is 4.79 Å². The van der Waals surface area contributed by atoms with Gasteiger partial charge in [0, 0.05) is 25.3 Å². The van der Waals surface area contributed by atoms with Crippen molar-refractivity contribution in [1.82, 2.24) is 20.0 Å². The third-order valence-electron chi connectivity index (χ3n) is 4.07. The van der Waals surface area contributed by atoms with E-state index in [1.165, 1.54) is 0 Å². The van der Waals surface area contributed by atoms with Crippen LogP contribution in [-0.2, 0) is 4.74 Å². The molecule has 0 saturated carbocycles. The Morgan fingerprint density at radius 1 is 1.53 bits per heavy atom. The highest BCUT2D eigenvalue weighted by Crippen LogP contribution is 2.22. The fraction of sp³-hybridized carbons (Fsp3) is 0.692. The topological polar surface area (TPSA) is 61.5 Å². The minimum Gasteiger partial charge on any atom is -0.375 e. The third kappa shape index (κ3) is 2.37. The second kappa shape index (κ2) is 4.94. The molecule has 0 radical (unpaired) electrons. The van der Waals surface area contributed by atoms with Crippen molar-refractivity contribution in [3.8, 4) is 0 Å². The maximum absolute atomic E-state index is 12.4. The number of morpholine rings is 1. The smallest absolute Gasteiger partial charge is 0.274 e. The molecule has 6 heteroatoms. The highest BCUT2D eigenvalue weighted by Gasteiger charge is 2.37. The predicted molar refractivity (Wildman–Crippen MR) is 70.0 cm³/mol. The quantitative estimate of drug-likeness (QED) is 0.790. The van der Waals surface area contributed by atoms with E-state index in [0.29, 0.717) is 11.7 Å². The summed E-state index contributed by atoms with van der Waals surface area (Å²) in [6.45, 7) is 5.11. The van der Waals surface area contributed by atoms with Gasteiger partial charge in [0.2, 0.25) is 0 Å². The van der Waals surface area contributed by atoms with Crippen molar-refractivity contribution in [3.05, 3.63) is 17.5 Å². The first-order chi connectivity index (χ1) is 9.15. The van der Waals surface area contributed by atoms with Crippen LogP contribution in [0.5, 0.6) is 0 Å². The van der Waals surface area contributed by atoms with Crippen LogP contribution in [-0.4, -0.2) is 71.3 Å². The average Bonchev–Trinajstić information content (AvgIpc) is 2.85. The predicted octanol–water partition coefficient (Wildman–Crippen LogP) is 0.263. The number of fused-ring (bicyclic) bond motifs is 1. The number of hydrogen-bond acceptors (Lipinski definition) is 4. The van der Waals surface area contributed by atoms with Gasteiger partial charge in [-0.2, -0.15) is 5.10 Å². The molecular weight excluding hydrogens is 244 g/mol. The van der Waals surface area contributed by atoms with Gasteiger partial charge >= 0.3 is 0 Å². The number of likely N-dealkylation sites (N-methyl/N-ethyl adjacent to an activating group) is 1. The van der Waals surface area contributed by atoms with Gasteiger partial charge in [-0.25, -0.2) is 0 Å². The molecule has 2 saturated heterocycles. The van der Waals surface area contributed by atoms with Crippen LogP contribution in [0.4, 0.5) is 0 Å². The fourth-order valence-corrected chi connectivity index (χ4v) is 2.92. The molecular formula is C13H20N4O2. The second-order valence-electron chi connectivity index (χ2n) is 5.43. The number of nitrogens with one attached hydrogen (secondary N) is 1. The van der Waals surface area contributed by atoms with E-state index in [1.807, 2.05) is 11.8 Å². The lowest BCUT2D eigenvalue weighted by molar-refractivity contribution is -0.0894. The van der Waals surface area contributed by atoms with Gasteiger partial charge < -0.3 is 9.64 Å². The summed E-state index contributed by atoms with van der Waals surface area (Å²) in [5.74, 6) is 0.0155. The minimum absolute atomic E-state index is 0.0155. The number of aromatic amines is 1. The summed E-state index contributed by atoms with van der Waals surface area (Å²) < 4.78 is 5.79. The molecule has 1 amide bonds. The molecule has 3 rings (SSSR count). The highest BCUT2D eigenvalue weighted by molar-refractivity contribution is 5.92. The van der Waals surface area contributed by atoms with Crippen LogP contribution in [0.25, 0.3) is 0 Å². The van der Waals surface area contributed by atoms with Gasteiger partial charge in [0.25, 0.3) is 5.91 Å². The molecule has 2 atom stereocenters. The lowest BCUT2D eigenvalue weighted by Gasteiger charge is -2.45. The van der Waals surface area contributed by atoms with Crippen molar-refractivity contribution < 1.29 is 9.53 Å². The molecule has 1 aromatic rings. The molecule has 3 heterocycles. The fourth-order valence-electron chi connectivity index (χ4n) is 2.92. The Morgan fingerprint density at radius 2 is 2.37 bits per heavy atom. The van der Waals surface area contributed by atoms with E-state index in [0.717, 1.165) is 38.4 Å². The van der Waals surface area contributed by atoms with Crippen LogP contribution in [0.1, 0.15) is 22.6 Å². The van der Waals surface area contributed by atoms with Gasteiger partial charge in [0.1, 0.15) is 5.69 Å². The number of ether oxygens (including phenoxy) is 1. The summed E-state index contributed by atoms with van der Waals surface area (Å²) in [6.07, 6.45) is 1.17. The number of piperidine rings is 1. The molecule has 6 nitrogen and oxygen atoms in total. The minimum atomic E-state index is 0.0155. The molecule has 0 unspecified atom stereocenters. The van der Waals surface area contributed by atoms with E-state index >= 15 is 0 Å². The average molecular weight is 264 g/mol. The van der Waals surface area contributed by atoms with Crippen molar-refractivity contribution in [2.45, 2.75) is 25.5 Å². The van der Waals surface area contributed by atoms with E-state index in [-0.39, 0.29) is 12.0 Å². The Bertz CT molecular complexity index is 473. The Hall–Kier alpha value is -1.40. The summed E-state index contributed by atoms with van der Waals surface area (Å²) in [5.41, 5.74) is 1.42.